The summed E-state index contributed by atoms with van der Waals surface area (Å²) in [5, 5.41) is 19.8. The Bertz CT molecular complexity index is 739. The zero-order valence-corrected chi connectivity index (χ0v) is 19.9. The van der Waals surface area contributed by atoms with E-state index in [0.717, 1.165) is 49.0 Å². The highest BCUT2D eigenvalue weighted by Crippen LogP contribution is 2.65. The van der Waals surface area contributed by atoms with Crippen LogP contribution in [0, 0.1) is 46.8 Å². The molecular formula is C26H43N3O2. The summed E-state index contributed by atoms with van der Waals surface area (Å²) in [7, 11) is 0. The summed E-state index contributed by atoms with van der Waals surface area (Å²) in [6, 6.07) is 0. The smallest absolute Gasteiger partial charge is 0.0883 e. The van der Waals surface area contributed by atoms with Crippen molar-refractivity contribution in [1.82, 2.24) is 15.0 Å². The van der Waals surface area contributed by atoms with E-state index >= 15 is 0 Å². The van der Waals surface area contributed by atoms with Crippen molar-refractivity contribution in [3.8, 4) is 0 Å². The van der Waals surface area contributed by atoms with Crippen molar-refractivity contribution in [2.75, 3.05) is 13.2 Å². The van der Waals surface area contributed by atoms with Crippen molar-refractivity contribution in [3.63, 3.8) is 0 Å². The Hall–Kier alpha value is -0.940. The van der Waals surface area contributed by atoms with Gasteiger partial charge in [0.2, 0.25) is 0 Å². The van der Waals surface area contributed by atoms with Crippen LogP contribution in [0.25, 0.3) is 0 Å². The maximum atomic E-state index is 11.1. The fourth-order valence-electron chi connectivity index (χ4n) is 9.08. The van der Waals surface area contributed by atoms with E-state index in [4.69, 9.17) is 4.74 Å². The highest BCUT2D eigenvalue weighted by atomic mass is 16.5. The first-order valence-electron chi connectivity index (χ1n) is 13.1. The maximum Gasteiger partial charge on any atom is 0.0883 e. The van der Waals surface area contributed by atoms with Crippen molar-refractivity contribution in [2.24, 2.45) is 46.8 Å². The number of fused-ring (bicyclic) bond motifs is 5. The monoisotopic (exact) mass is 429 g/mol. The van der Waals surface area contributed by atoms with Crippen molar-refractivity contribution in [3.05, 3.63) is 12.4 Å². The topological polar surface area (TPSA) is 60.2 Å². The van der Waals surface area contributed by atoms with E-state index in [2.05, 4.69) is 24.0 Å². The molecule has 0 bridgehead atoms. The zero-order chi connectivity index (χ0) is 21.6. The lowest BCUT2D eigenvalue weighted by molar-refractivity contribution is -0.129. The minimum Gasteiger partial charge on any atom is -0.387 e. The Kier molecular flexibility index (Phi) is 5.96. The van der Waals surface area contributed by atoms with Crippen LogP contribution in [-0.4, -0.2) is 38.9 Å². The van der Waals surface area contributed by atoms with E-state index in [1.807, 2.05) is 11.7 Å². The van der Waals surface area contributed by atoms with Gasteiger partial charge in [0, 0.05) is 6.61 Å². The van der Waals surface area contributed by atoms with Gasteiger partial charge in [-0.1, -0.05) is 13.8 Å². The number of hydrogen-bond donors (Lipinski definition) is 1. The van der Waals surface area contributed by atoms with Gasteiger partial charge < -0.3 is 9.84 Å². The molecule has 4 aliphatic rings. The van der Waals surface area contributed by atoms with E-state index < -0.39 is 5.60 Å². The second kappa shape index (κ2) is 8.44. The fourth-order valence-corrected chi connectivity index (χ4v) is 9.08. The van der Waals surface area contributed by atoms with E-state index in [1.165, 1.54) is 44.9 Å². The quantitative estimate of drug-likeness (QED) is 0.695. The van der Waals surface area contributed by atoms with E-state index in [-0.39, 0.29) is 0 Å². The van der Waals surface area contributed by atoms with Gasteiger partial charge in [0.1, 0.15) is 0 Å². The van der Waals surface area contributed by atoms with Gasteiger partial charge in [-0.2, -0.15) is 15.0 Å². The Balaban J connectivity index is 1.26. The largest absolute Gasteiger partial charge is 0.387 e. The highest BCUT2D eigenvalue weighted by Gasteiger charge is 2.58. The van der Waals surface area contributed by atoms with E-state index in [0.29, 0.717) is 30.5 Å². The van der Waals surface area contributed by atoms with Crippen molar-refractivity contribution < 1.29 is 9.84 Å². The van der Waals surface area contributed by atoms with Crippen LogP contribution >= 0.6 is 0 Å². The third kappa shape index (κ3) is 3.88. The van der Waals surface area contributed by atoms with Crippen LogP contribution in [0.2, 0.25) is 0 Å². The lowest BCUT2D eigenvalue weighted by atomic mass is 9.48. The van der Waals surface area contributed by atoms with Crippen LogP contribution in [0.4, 0.5) is 0 Å². The molecule has 1 aromatic rings. The average molecular weight is 430 g/mol. The normalized spacial score (nSPS) is 45.5. The second-order valence-electron chi connectivity index (χ2n) is 11.8. The molecule has 4 fully saturated rings. The number of ether oxygens (including phenoxy) is 1. The van der Waals surface area contributed by atoms with Crippen LogP contribution < -0.4 is 0 Å². The molecule has 5 heteroatoms. The molecule has 0 aromatic carbocycles. The summed E-state index contributed by atoms with van der Waals surface area (Å²) < 4.78 is 5.64. The molecule has 1 aromatic heterocycles. The summed E-state index contributed by atoms with van der Waals surface area (Å²) in [5.74, 6) is 5.70. The minimum atomic E-state index is -0.568. The summed E-state index contributed by atoms with van der Waals surface area (Å²) >= 11 is 0. The Labute approximate surface area is 188 Å². The molecule has 5 rings (SSSR count). The van der Waals surface area contributed by atoms with Gasteiger partial charge >= 0.3 is 0 Å². The maximum absolute atomic E-state index is 11.1. The summed E-state index contributed by atoms with van der Waals surface area (Å²) in [5.41, 5.74) is -0.0768. The number of aliphatic hydroxyl groups is 1. The van der Waals surface area contributed by atoms with Crippen molar-refractivity contribution in [1.29, 1.82) is 0 Å². The van der Waals surface area contributed by atoms with Crippen LogP contribution in [0.1, 0.15) is 78.6 Å². The molecule has 9 atom stereocenters. The Morgan fingerprint density at radius 3 is 2.58 bits per heavy atom. The molecule has 0 aliphatic heterocycles. The van der Waals surface area contributed by atoms with Gasteiger partial charge in [-0.05, 0) is 112 Å². The molecular weight excluding hydrogens is 386 g/mol. The second-order valence-corrected chi connectivity index (χ2v) is 11.8. The Morgan fingerprint density at radius 1 is 1.03 bits per heavy atom. The van der Waals surface area contributed by atoms with Crippen LogP contribution in [0.5, 0.6) is 0 Å². The number of aromatic nitrogens is 3. The lowest BCUT2D eigenvalue weighted by Crippen LogP contribution is -2.52. The third-order valence-corrected chi connectivity index (χ3v) is 10.4. The number of nitrogens with zero attached hydrogens (tertiary/aromatic N) is 3. The predicted molar refractivity (Wildman–Crippen MR) is 121 cm³/mol. The average Bonchev–Trinajstić information content (AvgIpc) is 3.39. The summed E-state index contributed by atoms with van der Waals surface area (Å²) in [6.07, 6.45) is 15.0. The van der Waals surface area contributed by atoms with Gasteiger partial charge in [0.25, 0.3) is 0 Å². The van der Waals surface area contributed by atoms with Gasteiger partial charge in [-0.15, -0.1) is 0 Å². The summed E-state index contributed by atoms with van der Waals surface area (Å²) in [6.45, 7) is 9.29. The molecule has 5 nitrogen and oxygen atoms in total. The highest BCUT2D eigenvalue weighted by molar-refractivity contribution is 5.07. The fraction of sp³-hybridized carbons (Fsp3) is 0.923. The molecule has 174 valence electrons. The molecule has 4 saturated carbocycles. The first kappa shape index (κ1) is 21.9. The molecule has 0 saturated heterocycles. The number of rotatable bonds is 6. The Morgan fingerprint density at radius 2 is 1.81 bits per heavy atom. The van der Waals surface area contributed by atoms with Crippen LogP contribution in [-0.2, 0) is 11.3 Å². The van der Waals surface area contributed by atoms with Crippen LogP contribution in [0.15, 0.2) is 12.4 Å². The van der Waals surface area contributed by atoms with E-state index in [9.17, 15) is 5.11 Å². The molecule has 1 unspecified atom stereocenters. The van der Waals surface area contributed by atoms with Gasteiger partial charge in [0.05, 0.1) is 31.1 Å². The lowest BCUT2D eigenvalue weighted by Gasteiger charge is -2.57. The summed E-state index contributed by atoms with van der Waals surface area (Å²) in [4.78, 5) is 1.89. The number of hydrogen-bond acceptors (Lipinski definition) is 4. The van der Waals surface area contributed by atoms with Gasteiger partial charge in [-0.3, -0.25) is 0 Å². The zero-order valence-electron chi connectivity index (χ0n) is 19.9. The standard InChI is InChI=1S/C26H43N3O2/c1-4-31-17-26(30)12-10-20-19(15-26)5-6-22-21(20)9-11-25(3)23(7-8-24(22)25)18(2)16-29-27-13-14-28-29/h13-14,18-24,30H,4-12,15-17H2,1-3H3/t18-,19+,20-,21+,22+,23?,24-,25+,26+/m0/s1. The third-order valence-electron chi connectivity index (χ3n) is 10.4. The SMILES string of the molecule is CCOC[C@@]1(O)CC[C@H]2[C@H](CC[C@@H]3[C@@H]2CC[C@]2(C)C([C@@H](C)Cn4nccn4)CC[C@@H]32)C1. The van der Waals surface area contributed by atoms with Crippen molar-refractivity contribution in [2.45, 2.75) is 90.7 Å². The van der Waals surface area contributed by atoms with E-state index in [1.54, 1.807) is 12.4 Å². The van der Waals surface area contributed by atoms with Gasteiger partial charge in [0.15, 0.2) is 0 Å². The predicted octanol–water partition coefficient (Wildman–Crippen LogP) is 4.95. The first-order valence-corrected chi connectivity index (χ1v) is 13.1. The first-order chi connectivity index (χ1) is 14.9. The molecule has 0 spiro atoms. The molecule has 31 heavy (non-hydrogen) atoms. The molecule has 4 aliphatic carbocycles. The van der Waals surface area contributed by atoms with Crippen LogP contribution in [0.3, 0.4) is 0 Å². The molecule has 0 amide bonds. The molecule has 0 radical (unpaired) electrons. The molecule has 1 N–H and O–H groups in total. The van der Waals surface area contributed by atoms with Gasteiger partial charge in [-0.25, -0.2) is 0 Å². The molecule has 1 heterocycles. The minimum absolute atomic E-state index is 0.491. The van der Waals surface area contributed by atoms with Crippen molar-refractivity contribution >= 4 is 0 Å².